The molecule has 4 N–H and O–H groups in total. The van der Waals surface area contributed by atoms with E-state index in [0.717, 1.165) is 56.4 Å². The quantitative estimate of drug-likeness (QED) is 0.261. The van der Waals surface area contributed by atoms with Crippen LogP contribution in [0.2, 0.25) is 0 Å². The van der Waals surface area contributed by atoms with E-state index in [4.69, 9.17) is 0 Å². The number of H-pyrrole nitrogens is 1. The molecule has 4 aromatic rings. The summed E-state index contributed by atoms with van der Waals surface area (Å²) in [6.45, 7) is 8.66. The summed E-state index contributed by atoms with van der Waals surface area (Å²) in [5, 5.41) is 16.4. The Morgan fingerprint density at radius 1 is 0.971 bits per heavy atom. The smallest absolute Gasteiger partial charge is 0.326 e. The zero-order chi connectivity index (χ0) is 24.9. The Kier molecular flexibility index (Phi) is 7.15. The van der Waals surface area contributed by atoms with Crippen LogP contribution in [0.5, 0.6) is 0 Å². The van der Waals surface area contributed by atoms with Crippen molar-refractivity contribution in [2.75, 3.05) is 10.6 Å². The van der Waals surface area contributed by atoms with Crippen molar-refractivity contribution >= 4 is 17.5 Å². The summed E-state index contributed by atoms with van der Waals surface area (Å²) >= 11 is 0. The third-order valence-electron chi connectivity index (χ3n) is 5.96. The summed E-state index contributed by atoms with van der Waals surface area (Å²) < 4.78 is 0. The van der Waals surface area contributed by atoms with Crippen LogP contribution in [0.15, 0.2) is 60.9 Å². The van der Waals surface area contributed by atoms with E-state index in [1.165, 1.54) is 0 Å². The Morgan fingerprint density at radius 3 is 2.34 bits per heavy atom. The maximum Gasteiger partial charge on any atom is 0.326 e. The molecular weight excluding hydrogens is 438 g/mol. The number of hydrogen-bond acceptors (Lipinski definition) is 5. The monoisotopic (exact) mass is 469 g/mol. The fraction of sp³-hybridized carbons (Fsp3) is 0.250. The number of aliphatic carboxylic acids is 1. The van der Waals surface area contributed by atoms with Crippen LogP contribution in [0.3, 0.4) is 0 Å². The van der Waals surface area contributed by atoms with Gasteiger partial charge in [-0.1, -0.05) is 42.0 Å². The molecule has 4 rings (SSSR count). The largest absolute Gasteiger partial charge is 0.480 e. The molecular formula is C28H31N5O2. The standard InChI is InChI=1S/C28H31N5O2/c1-17-9-10-29-25(13-17)30-15-23-16-31-27(32-23)22-7-5-21(6-8-22)14-24(28(34)35)33-26-19(3)11-18(2)12-20(26)4/h5-13,16,24,33H,14-15H2,1-4H3,(H,29,30)(H,31,32)(H,34,35). The third kappa shape index (κ3) is 6.06. The van der Waals surface area contributed by atoms with E-state index < -0.39 is 12.0 Å². The van der Waals surface area contributed by atoms with Crippen molar-refractivity contribution in [1.29, 1.82) is 0 Å². The molecule has 180 valence electrons. The fourth-order valence-electron chi connectivity index (χ4n) is 4.23. The van der Waals surface area contributed by atoms with E-state index >= 15 is 0 Å². The zero-order valence-electron chi connectivity index (χ0n) is 20.5. The van der Waals surface area contributed by atoms with Gasteiger partial charge in [-0.25, -0.2) is 14.8 Å². The van der Waals surface area contributed by atoms with Gasteiger partial charge in [-0.2, -0.15) is 0 Å². The predicted octanol–water partition coefficient (Wildman–Crippen LogP) is 5.43. The Bertz CT molecular complexity index is 1300. The maximum absolute atomic E-state index is 12.0. The lowest BCUT2D eigenvalue weighted by Gasteiger charge is -2.20. The first-order valence-corrected chi connectivity index (χ1v) is 11.7. The first kappa shape index (κ1) is 24.0. The molecule has 1 unspecified atom stereocenters. The average molecular weight is 470 g/mol. The molecule has 7 heteroatoms. The number of anilines is 2. The molecule has 2 heterocycles. The second-order valence-electron chi connectivity index (χ2n) is 9.04. The van der Waals surface area contributed by atoms with Crippen molar-refractivity contribution in [3.05, 3.63) is 94.4 Å². The topological polar surface area (TPSA) is 103 Å². The summed E-state index contributed by atoms with van der Waals surface area (Å²) in [5.74, 6) is 0.715. The molecule has 7 nitrogen and oxygen atoms in total. The number of aromatic amines is 1. The van der Waals surface area contributed by atoms with Gasteiger partial charge < -0.3 is 20.7 Å². The van der Waals surface area contributed by atoms with E-state index in [9.17, 15) is 9.90 Å². The highest BCUT2D eigenvalue weighted by atomic mass is 16.4. The number of hydrogen-bond donors (Lipinski definition) is 4. The number of benzene rings is 2. The molecule has 1 atom stereocenters. The summed E-state index contributed by atoms with van der Waals surface area (Å²) in [5.41, 5.74) is 8.13. The molecule has 35 heavy (non-hydrogen) atoms. The number of carboxylic acids is 1. The number of imidazole rings is 1. The first-order valence-electron chi connectivity index (χ1n) is 11.7. The molecule has 0 fully saturated rings. The molecule has 0 radical (unpaired) electrons. The highest BCUT2D eigenvalue weighted by Crippen LogP contribution is 2.24. The van der Waals surface area contributed by atoms with Crippen LogP contribution in [-0.4, -0.2) is 32.1 Å². The molecule has 0 amide bonds. The number of carboxylic acid groups (broad SMARTS) is 1. The van der Waals surface area contributed by atoms with Crippen molar-refractivity contribution < 1.29 is 9.90 Å². The fourth-order valence-corrected chi connectivity index (χ4v) is 4.23. The lowest BCUT2D eigenvalue weighted by atomic mass is 10.0. The molecule has 0 spiro atoms. The van der Waals surface area contributed by atoms with Crippen LogP contribution in [0.1, 0.15) is 33.5 Å². The van der Waals surface area contributed by atoms with Crippen molar-refractivity contribution in [3.63, 3.8) is 0 Å². The van der Waals surface area contributed by atoms with Crippen molar-refractivity contribution in [3.8, 4) is 11.4 Å². The lowest BCUT2D eigenvalue weighted by Crippen LogP contribution is -2.32. The maximum atomic E-state index is 12.0. The van der Waals surface area contributed by atoms with Crippen LogP contribution in [0, 0.1) is 27.7 Å². The van der Waals surface area contributed by atoms with Gasteiger partial charge in [0.15, 0.2) is 0 Å². The number of nitrogens with one attached hydrogen (secondary N) is 3. The number of rotatable bonds is 9. The molecule has 0 aliphatic carbocycles. The Labute approximate surface area is 205 Å². The molecule has 0 bridgehead atoms. The first-order chi connectivity index (χ1) is 16.8. The van der Waals surface area contributed by atoms with Crippen molar-refractivity contribution in [2.45, 2.75) is 46.7 Å². The molecule has 2 aromatic heterocycles. The van der Waals surface area contributed by atoms with Crippen molar-refractivity contribution in [2.24, 2.45) is 0 Å². The third-order valence-corrected chi connectivity index (χ3v) is 5.96. The van der Waals surface area contributed by atoms with E-state index in [2.05, 4.69) is 37.7 Å². The molecule has 0 aliphatic heterocycles. The van der Waals surface area contributed by atoms with Crippen molar-refractivity contribution in [1.82, 2.24) is 15.0 Å². The van der Waals surface area contributed by atoms with Crippen LogP contribution in [0.25, 0.3) is 11.4 Å². The highest BCUT2D eigenvalue weighted by molar-refractivity contribution is 5.79. The minimum Gasteiger partial charge on any atom is -0.480 e. The number of carbonyl (C=O) groups is 1. The SMILES string of the molecule is Cc1ccnc(NCc2cnc(-c3ccc(CC(Nc4c(C)cc(C)cc4C)C(=O)O)cc3)[nH]2)c1. The van der Waals surface area contributed by atoms with E-state index in [1.807, 2.05) is 70.3 Å². The lowest BCUT2D eigenvalue weighted by molar-refractivity contribution is -0.137. The van der Waals surface area contributed by atoms with Gasteiger partial charge in [0.2, 0.25) is 0 Å². The molecule has 2 aromatic carbocycles. The van der Waals surface area contributed by atoms with E-state index in [1.54, 1.807) is 6.20 Å². The second-order valence-corrected chi connectivity index (χ2v) is 9.04. The van der Waals surface area contributed by atoms with Gasteiger partial charge in [-0.3, -0.25) is 0 Å². The second kappa shape index (κ2) is 10.4. The Hall–Kier alpha value is -4.13. The minimum absolute atomic E-state index is 0.374. The van der Waals surface area contributed by atoms with Crippen LogP contribution < -0.4 is 10.6 Å². The van der Waals surface area contributed by atoms with Crippen LogP contribution >= 0.6 is 0 Å². The number of aromatic nitrogens is 3. The van der Waals surface area contributed by atoms with E-state index in [0.29, 0.717) is 13.0 Å². The van der Waals surface area contributed by atoms with Gasteiger partial charge in [0.25, 0.3) is 0 Å². The Morgan fingerprint density at radius 2 is 1.69 bits per heavy atom. The number of nitrogens with zero attached hydrogens (tertiary/aromatic N) is 2. The summed E-state index contributed by atoms with van der Waals surface area (Å²) in [6, 6.07) is 15.2. The molecule has 0 saturated heterocycles. The summed E-state index contributed by atoms with van der Waals surface area (Å²) in [6.07, 6.45) is 3.97. The van der Waals surface area contributed by atoms with E-state index in [-0.39, 0.29) is 0 Å². The highest BCUT2D eigenvalue weighted by Gasteiger charge is 2.20. The van der Waals surface area contributed by atoms with Gasteiger partial charge in [-0.15, -0.1) is 0 Å². The number of pyridine rings is 1. The predicted molar refractivity (Wildman–Crippen MR) is 140 cm³/mol. The van der Waals surface area contributed by atoms with Crippen LogP contribution in [0.4, 0.5) is 11.5 Å². The summed E-state index contributed by atoms with van der Waals surface area (Å²) in [7, 11) is 0. The van der Waals surface area contributed by atoms with Gasteiger partial charge in [-0.05, 0) is 62.1 Å². The van der Waals surface area contributed by atoms with Gasteiger partial charge >= 0.3 is 5.97 Å². The summed E-state index contributed by atoms with van der Waals surface area (Å²) in [4.78, 5) is 24.1. The average Bonchev–Trinajstić information content (AvgIpc) is 3.28. The van der Waals surface area contributed by atoms with Crippen LogP contribution in [-0.2, 0) is 17.8 Å². The molecule has 0 aliphatic rings. The zero-order valence-corrected chi connectivity index (χ0v) is 20.5. The number of aryl methyl sites for hydroxylation is 4. The molecule has 0 saturated carbocycles. The van der Waals surface area contributed by atoms with Gasteiger partial charge in [0, 0.05) is 23.9 Å². The van der Waals surface area contributed by atoms with Gasteiger partial charge in [0.1, 0.15) is 17.7 Å². The normalized spacial score (nSPS) is 11.8. The minimum atomic E-state index is -0.875. The van der Waals surface area contributed by atoms with Gasteiger partial charge in [0.05, 0.1) is 18.4 Å². The Balaban J connectivity index is 1.41.